The Balaban J connectivity index is 0.000000508. The van der Waals surface area contributed by atoms with Crippen molar-refractivity contribution in [2.75, 3.05) is 13.2 Å². The molecule has 0 aromatic carbocycles. The molecule has 1 saturated heterocycles. The van der Waals surface area contributed by atoms with Crippen LogP contribution in [0, 0.1) is 5.92 Å². The highest BCUT2D eigenvalue weighted by molar-refractivity contribution is 5.88. The molecule has 1 amide bonds. The summed E-state index contributed by atoms with van der Waals surface area (Å²) in [5, 5.41) is 21.1. The molecule has 13 nitrogen and oxygen atoms in total. The maximum Gasteiger partial charge on any atom is 0.326 e. The van der Waals surface area contributed by atoms with Gasteiger partial charge in [0.1, 0.15) is 18.1 Å². The highest BCUT2D eigenvalue weighted by Crippen LogP contribution is 2.40. The molecule has 218 valence electrons. The summed E-state index contributed by atoms with van der Waals surface area (Å²) in [6.45, 7) is 6.14. The number of hydrogen-bond acceptors (Lipinski definition) is 8. The fourth-order valence-corrected chi connectivity index (χ4v) is 5.04. The Kier molecular flexibility index (Phi) is 14.6. The van der Waals surface area contributed by atoms with Gasteiger partial charge >= 0.3 is 17.9 Å². The van der Waals surface area contributed by atoms with Gasteiger partial charge in [0.25, 0.3) is 0 Å². The quantitative estimate of drug-likeness (QED) is 0.0808. The first-order valence-electron chi connectivity index (χ1n) is 13.5. The van der Waals surface area contributed by atoms with Gasteiger partial charge in [-0.05, 0) is 58.3 Å². The lowest BCUT2D eigenvalue weighted by molar-refractivity contribution is -0.152. The highest BCUT2D eigenvalue weighted by atomic mass is 16.5. The van der Waals surface area contributed by atoms with E-state index in [0.29, 0.717) is 38.8 Å². The number of rotatable bonds is 13. The van der Waals surface area contributed by atoms with Gasteiger partial charge in [0.15, 0.2) is 5.96 Å². The summed E-state index contributed by atoms with van der Waals surface area (Å²) in [5.41, 5.74) is 15.3. The second-order valence-corrected chi connectivity index (χ2v) is 9.82. The molecule has 13 heteroatoms. The van der Waals surface area contributed by atoms with Crippen molar-refractivity contribution in [2.24, 2.45) is 28.1 Å². The number of carboxylic acids is 2. The summed E-state index contributed by atoms with van der Waals surface area (Å²) < 4.78 is 5.09. The number of carboxylic acid groups (broad SMARTS) is 2. The van der Waals surface area contributed by atoms with Gasteiger partial charge in [0.05, 0.1) is 12.6 Å². The molecule has 0 unspecified atom stereocenters. The normalized spacial score (nSPS) is 22.6. The van der Waals surface area contributed by atoms with Crippen LogP contribution >= 0.6 is 0 Å². The van der Waals surface area contributed by atoms with Crippen molar-refractivity contribution >= 4 is 29.8 Å². The summed E-state index contributed by atoms with van der Waals surface area (Å²) in [7, 11) is 0. The first kappa shape index (κ1) is 33.1. The first-order chi connectivity index (χ1) is 17.9. The molecule has 38 heavy (non-hydrogen) atoms. The van der Waals surface area contributed by atoms with Gasteiger partial charge in [0, 0.05) is 12.6 Å². The molecule has 9 N–H and O–H groups in total. The van der Waals surface area contributed by atoms with Crippen LogP contribution < -0.4 is 22.5 Å². The molecule has 2 rings (SSSR count). The molecule has 2 fully saturated rings. The van der Waals surface area contributed by atoms with Crippen molar-refractivity contribution in [3.05, 3.63) is 0 Å². The third-order valence-corrected chi connectivity index (χ3v) is 6.88. The number of aliphatic carboxylic acids is 2. The number of fused-ring (bicyclic) bond motifs is 1. The lowest BCUT2D eigenvalue weighted by Gasteiger charge is -2.35. The number of ether oxygens (including phenoxy) is 1. The second-order valence-electron chi connectivity index (χ2n) is 9.82. The third kappa shape index (κ3) is 10.4. The highest BCUT2D eigenvalue weighted by Gasteiger charge is 2.48. The fraction of sp³-hybridized carbons (Fsp3) is 0.800. The molecule has 1 aliphatic heterocycles. The van der Waals surface area contributed by atoms with Gasteiger partial charge < -0.3 is 37.1 Å². The average Bonchev–Trinajstić information content (AvgIpc) is 3.26. The smallest absolute Gasteiger partial charge is 0.326 e. The minimum atomic E-state index is -1.00. The van der Waals surface area contributed by atoms with E-state index in [1.165, 1.54) is 0 Å². The van der Waals surface area contributed by atoms with E-state index < -0.39 is 36.1 Å². The minimum Gasteiger partial charge on any atom is -0.480 e. The van der Waals surface area contributed by atoms with E-state index in [-0.39, 0.29) is 29.8 Å². The number of nitrogens with zero attached hydrogens (tertiary/aromatic N) is 2. The molecule has 6 atom stereocenters. The minimum absolute atomic E-state index is 0.00817. The molecule has 1 aliphatic carbocycles. The Hall–Kier alpha value is -2.93. The lowest BCUT2D eigenvalue weighted by Crippen LogP contribution is -2.55. The topological polar surface area (TPSA) is 224 Å². The van der Waals surface area contributed by atoms with Crippen molar-refractivity contribution in [3.63, 3.8) is 0 Å². The van der Waals surface area contributed by atoms with E-state index in [2.05, 4.69) is 10.3 Å². The van der Waals surface area contributed by atoms with Crippen LogP contribution in [-0.4, -0.2) is 88.2 Å². The number of nitrogens with one attached hydrogen (secondary N) is 1. The van der Waals surface area contributed by atoms with Crippen LogP contribution in [0.4, 0.5) is 0 Å². The van der Waals surface area contributed by atoms with E-state index in [1.807, 2.05) is 6.92 Å². The van der Waals surface area contributed by atoms with Gasteiger partial charge in [-0.1, -0.05) is 26.2 Å². The van der Waals surface area contributed by atoms with Crippen LogP contribution in [0.1, 0.15) is 78.6 Å². The first-order valence-corrected chi connectivity index (χ1v) is 13.5. The number of guanidine groups is 1. The zero-order valence-corrected chi connectivity index (χ0v) is 22.8. The summed E-state index contributed by atoms with van der Waals surface area (Å²) in [6, 6.07) is -2.74. The molecule has 0 aromatic heterocycles. The van der Waals surface area contributed by atoms with Gasteiger partial charge in [-0.15, -0.1) is 0 Å². The maximum absolute atomic E-state index is 13.1. The van der Waals surface area contributed by atoms with E-state index in [4.69, 9.17) is 27.0 Å². The number of esters is 1. The molecule has 0 spiro atoms. The molecule has 0 radical (unpaired) electrons. The van der Waals surface area contributed by atoms with Crippen molar-refractivity contribution < 1.29 is 34.1 Å². The molecule has 1 heterocycles. The zero-order valence-electron chi connectivity index (χ0n) is 22.8. The zero-order chi connectivity index (χ0) is 28.8. The summed E-state index contributed by atoms with van der Waals surface area (Å²) in [4.78, 5) is 52.4. The SMILES string of the molecule is CCC[C@H](N[C@@H](C)C(=O)N1[C@H](C(=O)O)C[C@@H]2CCCC[C@@H]21)C(=O)OCC.NC(N)=NCCC[C@H](N)C(=O)O. The van der Waals surface area contributed by atoms with E-state index in [9.17, 15) is 24.3 Å². The monoisotopic (exact) mass is 542 g/mol. The molecular formula is C25H46N6O7. The van der Waals surface area contributed by atoms with Crippen LogP contribution in [-0.2, 0) is 23.9 Å². The Labute approximate surface area is 224 Å². The predicted molar refractivity (Wildman–Crippen MR) is 142 cm³/mol. The number of aliphatic imine (C=N–C) groups is 1. The molecular weight excluding hydrogens is 496 g/mol. The Morgan fingerprint density at radius 2 is 1.76 bits per heavy atom. The van der Waals surface area contributed by atoms with Crippen molar-refractivity contribution in [1.82, 2.24) is 10.2 Å². The third-order valence-electron chi connectivity index (χ3n) is 6.88. The second kappa shape index (κ2) is 16.8. The Bertz CT molecular complexity index is 820. The van der Waals surface area contributed by atoms with Crippen molar-refractivity contribution in [2.45, 2.75) is 109 Å². The average molecular weight is 543 g/mol. The Morgan fingerprint density at radius 3 is 2.32 bits per heavy atom. The van der Waals surface area contributed by atoms with Crippen LogP contribution in [0.2, 0.25) is 0 Å². The largest absolute Gasteiger partial charge is 0.480 e. The predicted octanol–water partition coefficient (Wildman–Crippen LogP) is 0.393. The number of hydrogen-bond donors (Lipinski definition) is 6. The number of carbonyl (C=O) groups excluding carboxylic acids is 2. The summed E-state index contributed by atoms with van der Waals surface area (Å²) >= 11 is 0. The van der Waals surface area contributed by atoms with Gasteiger partial charge in [-0.3, -0.25) is 24.7 Å². The molecule has 2 aliphatic rings. The van der Waals surface area contributed by atoms with Gasteiger partial charge in [-0.25, -0.2) is 4.79 Å². The van der Waals surface area contributed by atoms with Crippen molar-refractivity contribution in [1.29, 1.82) is 0 Å². The number of nitrogens with two attached hydrogens (primary N) is 3. The summed E-state index contributed by atoms with van der Waals surface area (Å²) in [6.07, 6.45) is 6.83. The molecule has 0 bridgehead atoms. The fourth-order valence-electron chi connectivity index (χ4n) is 5.04. The van der Waals surface area contributed by atoms with Crippen LogP contribution in [0.25, 0.3) is 0 Å². The van der Waals surface area contributed by atoms with Crippen LogP contribution in [0.5, 0.6) is 0 Å². The Morgan fingerprint density at radius 1 is 1.11 bits per heavy atom. The molecule has 0 aromatic rings. The van der Waals surface area contributed by atoms with Crippen molar-refractivity contribution in [3.8, 4) is 0 Å². The van der Waals surface area contributed by atoms with Gasteiger partial charge in [0.2, 0.25) is 5.91 Å². The lowest BCUT2D eigenvalue weighted by atomic mass is 9.84. The molecule has 1 saturated carbocycles. The van der Waals surface area contributed by atoms with Crippen LogP contribution in [0.15, 0.2) is 4.99 Å². The number of amides is 1. The van der Waals surface area contributed by atoms with E-state index >= 15 is 0 Å². The number of carbonyl (C=O) groups is 4. The van der Waals surface area contributed by atoms with Crippen LogP contribution in [0.3, 0.4) is 0 Å². The van der Waals surface area contributed by atoms with E-state index in [1.54, 1.807) is 18.7 Å². The maximum atomic E-state index is 13.1. The number of likely N-dealkylation sites (tertiary alicyclic amines) is 1. The van der Waals surface area contributed by atoms with E-state index in [0.717, 1.165) is 32.1 Å². The van der Waals surface area contributed by atoms with Gasteiger partial charge in [-0.2, -0.15) is 0 Å². The summed E-state index contributed by atoms with van der Waals surface area (Å²) in [5.74, 6) is -2.23. The standard InChI is InChI=1S/C19H32N2O5.C6H14N4O2/c1-4-8-14(19(25)26-5-2)20-12(3)17(22)21-15-10-7-6-9-13(15)11-16(21)18(23)24;7-4(5(11)12)2-1-3-10-6(8)9/h12-16,20H,4-11H2,1-3H3,(H,23,24);4H,1-3,7H2,(H,11,12)(H4,8,9,10)/t12-,13-,14-,15-,16-;4-/m00/s1.